The molecule has 7 nitrogen and oxygen atoms in total. The minimum absolute atomic E-state index is 0.268. The molecule has 0 radical (unpaired) electrons. The van der Waals surface area contributed by atoms with Gasteiger partial charge in [0.05, 0.1) is 24.4 Å². The molecule has 2 rings (SSSR count). The first-order valence-electron chi connectivity index (χ1n) is 7.34. The minimum Gasteiger partial charge on any atom is -0.388 e. The first-order chi connectivity index (χ1) is 9.96. The average Bonchev–Trinajstić information content (AvgIpc) is 2.45. The van der Waals surface area contributed by atoms with E-state index < -0.39 is 18.7 Å². The van der Waals surface area contributed by atoms with E-state index in [0.717, 1.165) is 0 Å². The number of hydrogen-bond acceptors (Lipinski definition) is 7. The van der Waals surface area contributed by atoms with E-state index in [1.54, 1.807) is 21.1 Å². The van der Waals surface area contributed by atoms with Crippen LogP contribution in [0.5, 0.6) is 0 Å². The van der Waals surface area contributed by atoms with Crippen LogP contribution in [0.25, 0.3) is 0 Å². The van der Waals surface area contributed by atoms with Crippen LogP contribution in [0.1, 0.15) is 26.7 Å². The fourth-order valence-corrected chi connectivity index (χ4v) is 2.95. The van der Waals surface area contributed by atoms with Gasteiger partial charge >= 0.3 is 0 Å². The molecule has 7 heteroatoms. The molecule has 0 aromatic rings. The zero-order chi connectivity index (χ0) is 15.6. The highest BCUT2D eigenvalue weighted by Crippen LogP contribution is 2.29. The summed E-state index contributed by atoms with van der Waals surface area (Å²) in [5, 5.41) is 19.6. The highest BCUT2D eigenvalue weighted by Gasteiger charge is 2.42. The van der Waals surface area contributed by atoms with E-state index in [0.29, 0.717) is 12.8 Å². The molecule has 0 unspecified atom stereocenters. The molecular weight excluding hydrogens is 280 g/mol. The Morgan fingerprint density at radius 1 is 0.905 bits per heavy atom. The zero-order valence-corrected chi connectivity index (χ0v) is 13.0. The summed E-state index contributed by atoms with van der Waals surface area (Å²) in [7, 11) is 3.14. The van der Waals surface area contributed by atoms with Crippen molar-refractivity contribution in [2.24, 2.45) is 0 Å². The van der Waals surface area contributed by atoms with Gasteiger partial charge in [-0.1, -0.05) is 0 Å². The van der Waals surface area contributed by atoms with Crippen LogP contribution < -0.4 is 0 Å². The number of ether oxygens (including phenoxy) is 5. The van der Waals surface area contributed by atoms with Crippen molar-refractivity contribution in [3.05, 3.63) is 0 Å². The monoisotopic (exact) mass is 306 g/mol. The van der Waals surface area contributed by atoms with Gasteiger partial charge in [0.15, 0.2) is 12.6 Å². The molecule has 2 aliphatic heterocycles. The van der Waals surface area contributed by atoms with Crippen LogP contribution in [0.3, 0.4) is 0 Å². The smallest absolute Gasteiger partial charge is 0.161 e. The van der Waals surface area contributed by atoms with Crippen LogP contribution in [-0.2, 0) is 23.7 Å². The van der Waals surface area contributed by atoms with Crippen molar-refractivity contribution in [1.82, 2.24) is 0 Å². The molecule has 124 valence electrons. The van der Waals surface area contributed by atoms with Gasteiger partial charge in [0.25, 0.3) is 0 Å². The molecule has 8 atom stereocenters. The van der Waals surface area contributed by atoms with E-state index in [4.69, 9.17) is 23.7 Å². The fraction of sp³-hybridized carbons (Fsp3) is 1.00. The maximum Gasteiger partial charge on any atom is 0.161 e. The number of hydrogen-bond donors (Lipinski definition) is 2. The van der Waals surface area contributed by atoms with Gasteiger partial charge in [-0.2, -0.15) is 0 Å². The molecular formula is C14H26O7. The molecule has 0 aromatic heterocycles. The van der Waals surface area contributed by atoms with E-state index in [1.807, 2.05) is 6.92 Å². The van der Waals surface area contributed by atoms with Crippen molar-refractivity contribution < 1.29 is 33.9 Å². The zero-order valence-electron chi connectivity index (χ0n) is 13.0. The quantitative estimate of drug-likeness (QED) is 0.757. The Morgan fingerprint density at radius 3 is 2.19 bits per heavy atom. The third kappa shape index (κ3) is 3.92. The van der Waals surface area contributed by atoms with Gasteiger partial charge in [-0.25, -0.2) is 0 Å². The van der Waals surface area contributed by atoms with Crippen molar-refractivity contribution in [2.45, 2.75) is 75.9 Å². The molecule has 2 aliphatic rings. The summed E-state index contributed by atoms with van der Waals surface area (Å²) < 4.78 is 27.7. The summed E-state index contributed by atoms with van der Waals surface area (Å²) in [5.74, 6) is 0. The highest BCUT2D eigenvalue weighted by molar-refractivity contribution is 4.86. The van der Waals surface area contributed by atoms with Crippen molar-refractivity contribution in [1.29, 1.82) is 0 Å². The minimum atomic E-state index is -0.843. The second-order valence-electron chi connectivity index (χ2n) is 5.68. The predicted octanol–water partition coefficient (Wildman–Crippen LogP) is 0.0246. The van der Waals surface area contributed by atoms with E-state index >= 15 is 0 Å². The molecule has 0 aromatic carbocycles. The SMILES string of the molecule is CO[C@H]1C[C@H](O[C@H]2[C@H](C)O[C@@H](O)C[C@@H]2OC)O[C@@H](C)[C@@H]1O. The van der Waals surface area contributed by atoms with Gasteiger partial charge in [-0.15, -0.1) is 0 Å². The first-order valence-corrected chi connectivity index (χ1v) is 7.34. The molecule has 2 N–H and O–H groups in total. The number of rotatable bonds is 4. The Kier molecular flexibility index (Phi) is 5.96. The number of aliphatic hydroxyl groups excluding tert-OH is 2. The van der Waals surface area contributed by atoms with Gasteiger partial charge in [-0.05, 0) is 13.8 Å². The Labute approximate surface area is 125 Å². The summed E-state index contributed by atoms with van der Waals surface area (Å²) in [6.45, 7) is 3.61. The maximum atomic E-state index is 9.96. The molecule has 2 heterocycles. The van der Waals surface area contributed by atoms with Gasteiger partial charge in [0.2, 0.25) is 0 Å². The third-order valence-electron chi connectivity index (χ3n) is 4.20. The summed E-state index contributed by atoms with van der Waals surface area (Å²) in [4.78, 5) is 0. The van der Waals surface area contributed by atoms with E-state index in [1.165, 1.54) is 0 Å². The first kappa shape index (κ1) is 17.1. The van der Waals surface area contributed by atoms with Gasteiger partial charge in [0, 0.05) is 27.1 Å². The summed E-state index contributed by atoms with van der Waals surface area (Å²) in [6.07, 6.45) is -2.86. The van der Waals surface area contributed by atoms with E-state index in [-0.39, 0.29) is 30.5 Å². The van der Waals surface area contributed by atoms with Crippen molar-refractivity contribution in [3.63, 3.8) is 0 Å². The lowest BCUT2D eigenvalue weighted by Crippen LogP contribution is -2.54. The van der Waals surface area contributed by atoms with E-state index in [2.05, 4.69) is 0 Å². The Morgan fingerprint density at radius 2 is 1.57 bits per heavy atom. The Balaban J connectivity index is 1.99. The summed E-state index contributed by atoms with van der Waals surface area (Å²) >= 11 is 0. The van der Waals surface area contributed by atoms with Crippen LogP contribution in [0.15, 0.2) is 0 Å². The normalized spacial score (nSPS) is 48.3. The lowest BCUT2D eigenvalue weighted by Gasteiger charge is -2.42. The molecule has 21 heavy (non-hydrogen) atoms. The lowest BCUT2D eigenvalue weighted by molar-refractivity contribution is -0.310. The van der Waals surface area contributed by atoms with Gasteiger partial charge in [-0.3, -0.25) is 0 Å². The van der Waals surface area contributed by atoms with Crippen LogP contribution in [0.4, 0.5) is 0 Å². The largest absolute Gasteiger partial charge is 0.388 e. The molecule has 0 saturated carbocycles. The van der Waals surface area contributed by atoms with Gasteiger partial charge < -0.3 is 33.9 Å². The standard InChI is InChI=1S/C14H26O7/c1-7-13(16)9(17-3)6-12(20-7)21-14-8(2)19-11(15)5-10(14)18-4/h7-16H,5-6H2,1-4H3/t7-,8-,9-,10-,11+,12-,13-,14-/m0/s1. The fourth-order valence-electron chi connectivity index (χ4n) is 2.95. The number of aliphatic hydroxyl groups is 2. The number of methoxy groups -OCH3 is 2. The van der Waals surface area contributed by atoms with Crippen molar-refractivity contribution in [2.75, 3.05) is 14.2 Å². The third-order valence-corrected chi connectivity index (χ3v) is 4.20. The molecule has 0 aliphatic carbocycles. The van der Waals surface area contributed by atoms with Crippen molar-refractivity contribution >= 4 is 0 Å². The molecule has 2 fully saturated rings. The van der Waals surface area contributed by atoms with Crippen LogP contribution in [0.2, 0.25) is 0 Å². The molecule has 0 bridgehead atoms. The van der Waals surface area contributed by atoms with Crippen molar-refractivity contribution in [3.8, 4) is 0 Å². The molecule has 0 amide bonds. The Hall–Kier alpha value is -0.280. The lowest BCUT2D eigenvalue weighted by atomic mass is 10.0. The summed E-state index contributed by atoms with van der Waals surface area (Å²) in [6, 6.07) is 0. The van der Waals surface area contributed by atoms with Crippen LogP contribution in [-0.4, -0.2) is 73.6 Å². The Bertz CT molecular complexity index is 326. The second kappa shape index (κ2) is 7.32. The summed E-state index contributed by atoms with van der Waals surface area (Å²) in [5.41, 5.74) is 0. The maximum absolute atomic E-state index is 9.96. The topological polar surface area (TPSA) is 86.6 Å². The molecule has 2 saturated heterocycles. The second-order valence-corrected chi connectivity index (χ2v) is 5.68. The van der Waals surface area contributed by atoms with E-state index in [9.17, 15) is 10.2 Å². The highest BCUT2D eigenvalue weighted by atomic mass is 16.7. The molecule has 0 spiro atoms. The average molecular weight is 306 g/mol. The predicted molar refractivity (Wildman–Crippen MR) is 72.6 cm³/mol. The van der Waals surface area contributed by atoms with Crippen LogP contribution in [0, 0.1) is 0 Å². The van der Waals surface area contributed by atoms with Gasteiger partial charge in [0.1, 0.15) is 12.2 Å². The van der Waals surface area contributed by atoms with Crippen LogP contribution >= 0.6 is 0 Å².